The summed E-state index contributed by atoms with van der Waals surface area (Å²) in [5.74, 6) is -0.0687. The van der Waals surface area contributed by atoms with Gasteiger partial charge in [0, 0.05) is 24.3 Å². The van der Waals surface area contributed by atoms with Crippen LogP contribution in [0.1, 0.15) is 62.0 Å². The number of ether oxygens (including phenoxy) is 2. The number of aromatic nitrogens is 1. The molecule has 0 aliphatic carbocycles. The highest BCUT2D eigenvalue weighted by Gasteiger charge is 2.12. The van der Waals surface area contributed by atoms with E-state index in [1.165, 1.54) is 18.3 Å². The minimum atomic E-state index is -0.469. The SMILES string of the molecule is CCCCCOc1ccc(C(=O)CCC(=O)OCc2csc(NC(C)=O)n2)cc1. The third-order valence-corrected chi connectivity index (χ3v) is 4.77. The second-order valence-electron chi connectivity index (χ2n) is 6.49. The summed E-state index contributed by atoms with van der Waals surface area (Å²) in [6.07, 6.45) is 3.35. The highest BCUT2D eigenvalue weighted by atomic mass is 32.1. The molecule has 1 N–H and O–H groups in total. The number of carbonyl (C=O) groups is 3. The van der Waals surface area contributed by atoms with Gasteiger partial charge in [-0.3, -0.25) is 14.4 Å². The zero-order valence-corrected chi connectivity index (χ0v) is 17.5. The highest BCUT2D eigenvalue weighted by Crippen LogP contribution is 2.17. The molecule has 0 saturated heterocycles. The Morgan fingerprint density at radius 3 is 2.55 bits per heavy atom. The average molecular weight is 419 g/mol. The standard InChI is InChI=1S/C21H26N2O5S/c1-3-4-5-12-27-18-8-6-16(7-9-18)19(25)10-11-20(26)28-13-17-14-29-21(23-17)22-15(2)24/h6-9,14H,3-5,10-13H2,1-2H3,(H,22,23,24). The molecule has 1 amide bonds. The number of nitrogens with zero attached hydrogens (tertiary/aromatic N) is 1. The van der Waals surface area contributed by atoms with Crippen LogP contribution >= 0.6 is 11.3 Å². The van der Waals surface area contributed by atoms with E-state index in [1.807, 2.05) is 0 Å². The molecule has 0 fully saturated rings. The number of Topliss-reactive ketones (excluding diaryl/α,β-unsaturated/α-hetero) is 1. The summed E-state index contributed by atoms with van der Waals surface area (Å²) in [6, 6.07) is 6.96. The van der Waals surface area contributed by atoms with Crippen molar-refractivity contribution in [3.63, 3.8) is 0 Å². The molecule has 7 nitrogen and oxygen atoms in total. The van der Waals surface area contributed by atoms with Gasteiger partial charge in [-0.25, -0.2) is 4.98 Å². The Morgan fingerprint density at radius 2 is 1.86 bits per heavy atom. The molecule has 0 aliphatic rings. The van der Waals surface area contributed by atoms with Gasteiger partial charge in [0.1, 0.15) is 12.4 Å². The van der Waals surface area contributed by atoms with Crippen LogP contribution in [0.25, 0.3) is 0 Å². The number of amides is 1. The van der Waals surface area contributed by atoms with Crippen molar-refractivity contribution in [1.29, 1.82) is 0 Å². The van der Waals surface area contributed by atoms with Crippen molar-refractivity contribution >= 4 is 34.1 Å². The number of esters is 1. The summed E-state index contributed by atoms with van der Waals surface area (Å²) in [7, 11) is 0. The molecule has 29 heavy (non-hydrogen) atoms. The van der Waals surface area contributed by atoms with Gasteiger partial charge in [0.25, 0.3) is 0 Å². The lowest BCUT2D eigenvalue weighted by Gasteiger charge is -2.07. The third-order valence-electron chi connectivity index (χ3n) is 3.96. The molecule has 2 rings (SSSR count). The largest absolute Gasteiger partial charge is 0.494 e. The molecule has 0 spiro atoms. The number of rotatable bonds is 12. The molecule has 156 valence electrons. The highest BCUT2D eigenvalue weighted by molar-refractivity contribution is 7.13. The predicted octanol–water partition coefficient (Wildman–Crippen LogP) is 4.38. The van der Waals surface area contributed by atoms with Gasteiger partial charge >= 0.3 is 5.97 Å². The smallest absolute Gasteiger partial charge is 0.306 e. The van der Waals surface area contributed by atoms with E-state index in [4.69, 9.17) is 9.47 Å². The van der Waals surface area contributed by atoms with Gasteiger partial charge in [-0.1, -0.05) is 19.8 Å². The zero-order valence-electron chi connectivity index (χ0n) is 16.7. The van der Waals surface area contributed by atoms with Crippen molar-refractivity contribution in [2.45, 2.75) is 52.6 Å². The molecule has 0 radical (unpaired) electrons. The lowest BCUT2D eigenvalue weighted by atomic mass is 10.1. The molecule has 0 aliphatic heterocycles. The number of benzene rings is 1. The van der Waals surface area contributed by atoms with Crippen molar-refractivity contribution in [3.05, 3.63) is 40.9 Å². The van der Waals surface area contributed by atoms with Crippen LogP contribution < -0.4 is 10.1 Å². The zero-order chi connectivity index (χ0) is 21.1. The van der Waals surface area contributed by atoms with Crippen molar-refractivity contribution in [2.24, 2.45) is 0 Å². The van der Waals surface area contributed by atoms with Gasteiger partial charge in [0.15, 0.2) is 10.9 Å². The minimum Gasteiger partial charge on any atom is -0.494 e. The fraction of sp³-hybridized carbons (Fsp3) is 0.429. The first-order valence-electron chi connectivity index (χ1n) is 9.61. The van der Waals surface area contributed by atoms with E-state index in [1.54, 1.807) is 29.6 Å². The number of nitrogens with one attached hydrogen (secondary N) is 1. The average Bonchev–Trinajstić information content (AvgIpc) is 3.15. The van der Waals surface area contributed by atoms with Crippen LogP contribution in [0.2, 0.25) is 0 Å². The first-order valence-corrected chi connectivity index (χ1v) is 10.5. The van der Waals surface area contributed by atoms with Gasteiger partial charge in [0.05, 0.1) is 18.7 Å². The van der Waals surface area contributed by atoms with E-state index in [0.29, 0.717) is 23.0 Å². The topological polar surface area (TPSA) is 94.6 Å². The number of ketones is 1. The van der Waals surface area contributed by atoms with Gasteiger partial charge in [-0.15, -0.1) is 11.3 Å². The van der Waals surface area contributed by atoms with Crippen LogP contribution in [0.3, 0.4) is 0 Å². The van der Waals surface area contributed by atoms with Crippen LogP contribution in [0, 0.1) is 0 Å². The Morgan fingerprint density at radius 1 is 1.10 bits per heavy atom. The molecule has 1 aromatic heterocycles. The van der Waals surface area contributed by atoms with Gasteiger partial charge in [-0.05, 0) is 30.7 Å². The first-order chi connectivity index (χ1) is 14.0. The maximum atomic E-state index is 12.2. The van der Waals surface area contributed by atoms with E-state index in [0.717, 1.165) is 25.0 Å². The van der Waals surface area contributed by atoms with Crippen molar-refractivity contribution < 1.29 is 23.9 Å². The van der Waals surface area contributed by atoms with E-state index < -0.39 is 5.97 Å². The molecule has 0 unspecified atom stereocenters. The summed E-state index contributed by atoms with van der Waals surface area (Å²) in [5.41, 5.74) is 1.09. The van der Waals surface area contributed by atoms with Crippen LogP contribution in [0.4, 0.5) is 5.13 Å². The Bertz CT molecular complexity index is 817. The predicted molar refractivity (Wildman–Crippen MR) is 111 cm³/mol. The summed E-state index contributed by atoms with van der Waals surface area (Å²) < 4.78 is 10.8. The van der Waals surface area contributed by atoms with Crippen LogP contribution in [0.15, 0.2) is 29.6 Å². The quantitative estimate of drug-likeness (QED) is 0.312. The van der Waals surface area contributed by atoms with E-state index in [9.17, 15) is 14.4 Å². The molecule has 0 saturated carbocycles. The number of unbranched alkanes of at least 4 members (excludes halogenated alkanes) is 2. The molecule has 0 atom stereocenters. The second kappa shape index (κ2) is 12.0. The third kappa shape index (κ3) is 8.43. The molecular weight excluding hydrogens is 392 g/mol. The molecule has 1 aromatic carbocycles. The fourth-order valence-corrected chi connectivity index (χ4v) is 3.19. The minimum absolute atomic E-state index is 0.00318. The fourth-order valence-electron chi connectivity index (χ4n) is 2.45. The Labute approximate surface area is 174 Å². The van der Waals surface area contributed by atoms with E-state index in [2.05, 4.69) is 17.2 Å². The van der Waals surface area contributed by atoms with Crippen molar-refractivity contribution in [2.75, 3.05) is 11.9 Å². The lowest BCUT2D eigenvalue weighted by molar-refractivity contribution is -0.145. The number of thiazole rings is 1. The first kappa shape index (κ1) is 22.5. The molecule has 8 heteroatoms. The normalized spacial score (nSPS) is 10.4. The Balaban J connectivity index is 1.70. The monoisotopic (exact) mass is 418 g/mol. The maximum absolute atomic E-state index is 12.2. The van der Waals surface area contributed by atoms with E-state index in [-0.39, 0.29) is 31.1 Å². The number of hydrogen-bond acceptors (Lipinski definition) is 7. The molecule has 2 aromatic rings. The summed E-state index contributed by atoms with van der Waals surface area (Å²) in [5, 5.41) is 4.73. The van der Waals surface area contributed by atoms with E-state index >= 15 is 0 Å². The van der Waals surface area contributed by atoms with Gasteiger partial charge in [-0.2, -0.15) is 0 Å². The lowest BCUT2D eigenvalue weighted by Crippen LogP contribution is -2.09. The number of hydrogen-bond donors (Lipinski definition) is 1. The molecule has 0 bridgehead atoms. The van der Waals surface area contributed by atoms with Gasteiger partial charge in [0.2, 0.25) is 5.91 Å². The van der Waals surface area contributed by atoms with Crippen LogP contribution in [-0.4, -0.2) is 29.3 Å². The Hall–Kier alpha value is -2.74. The maximum Gasteiger partial charge on any atom is 0.306 e. The summed E-state index contributed by atoms with van der Waals surface area (Å²) in [6.45, 7) is 4.21. The summed E-state index contributed by atoms with van der Waals surface area (Å²) in [4.78, 5) is 39.2. The van der Waals surface area contributed by atoms with Crippen LogP contribution in [-0.2, 0) is 20.9 Å². The number of carbonyl (C=O) groups excluding carboxylic acids is 3. The van der Waals surface area contributed by atoms with Crippen LogP contribution in [0.5, 0.6) is 5.75 Å². The van der Waals surface area contributed by atoms with Crippen molar-refractivity contribution in [1.82, 2.24) is 4.98 Å². The second-order valence-corrected chi connectivity index (χ2v) is 7.35. The molecule has 1 heterocycles. The van der Waals surface area contributed by atoms with Gasteiger partial charge < -0.3 is 14.8 Å². The molecular formula is C21H26N2O5S. The summed E-state index contributed by atoms with van der Waals surface area (Å²) >= 11 is 1.25. The Kier molecular flexibility index (Phi) is 9.30. The number of anilines is 1. The van der Waals surface area contributed by atoms with Crippen molar-refractivity contribution in [3.8, 4) is 5.75 Å².